The molecule has 1 N–H and O–H groups in total. The Bertz CT molecular complexity index is 1630. The highest BCUT2D eigenvalue weighted by atomic mass is 19.4. The van der Waals surface area contributed by atoms with Crippen LogP contribution in [0.5, 0.6) is 11.6 Å². The number of ether oxygens (including phenoxy) is 1. The maximum Gasteiger partial charge on any atom is 0.416 e. The van der Waals surface area contributed by atoms with Gasteiger partial charge in [0.25, 0.3) is 5.91 Å². The van der Waals surface area contributed by atoms with Crippen LogP contribution in [0.4, 0.5) is 24.5 Å². The van der Waals surface area contributed by atoms with E-state index in [1.807, 2.05) is 32.8 Å². The van der Waals surface area contributed by atoms with Gasteiger partial charge >= 0.3 is 6.18 Å². The lowest BCUT2D eigenvalue weighted by atomic mass is 10.1. The number of nitrogens with zero attached hydrogens (tertiary/aromatic N) is 6. The summed E-state index contributed by atoms with van der Waals surface area (Å²) < 4.78 is 47.1. The Morgan fingerprint density at radius 1 is 1.12 bits per heavy atom. The van der Waals surface area contributed by atoms with Gasteiger partial charge in [-0.25, -0.2) is 19.9 Å². The highest BCUT2D eigenvalue weighted by Gasteiger charge is 2.33. The molecule has 0 spiro atoms. The standard InChI is InChI=1S/C31H32F3N7O2/c1-5-27-36-18-37-28(39-27)23-7-6-13-35-30(23)43-26-15-20(9-8-19(26)2)29(42)38-24-16-21(31(32,33)34)10-11-25(24)41-14-12-22(17-41)40(3)4/h6-11,13,15-16,18,22H,5,12,14,17H2,1-4H3,(H,38,42)/t22-/m1/s1. The number of carbonyl (C=O) groups excluding carboxylic acids is 1. The number of carbonyl (C=O) groups is 1. The molecular formula is C31H32F3N7O2. The SMILES string of the molecule is CCc1ncnc(-c2cccnc2Oc2cc(C(=O)Nc3cc(C(F)(F)F)ccc3N3CC[C@@H](N(C)C)C3)ccc2C)n1. The van der Waals surface area contributed by atoms with Gasteiger partial charge in [0.1, 0.15) is 17.9 Å². The van der Waals surface area contributed by atoms with Gasteiger partial charge in [0, 0.05) is 37.3 Å². The van der Waals surface area contributed by atoms with Crippen LogP contribution in [-0.2, 0) is 12.6 Å². The number of alkyl halides is 3. The van der Waals surface area contributed by atoms with Crippen LogP contribution in [-0.4, -0.2) is 64.0 Å². The molecule has 0 radical (unpaired) electrons. The van der Waals surface area contributed by atoms with Crippen LogP contribution in [0.2, 0.25) is 0 Å². The number of aryl methyl sites for hydroxylation is 2. The molecule has 1 fully saturated rings. The van der Waals surface area contributed by atoms with Crippen molar-refractivity contribution in [2.24, 2.45) is 0 Å². The van der Waals surface area contributed by atoms with Crippen molar-refractivity contribution in [2.45, 2.75) is 38.9 Å². The Hall–Kier alpha value is -4.58. The van der Waals surface area contributed by atoms with Crippen LogP contribution in [0.15, 0.2) is 61.1 Å². The molecule has 0 saturated carbocycles. The van der Waals surface area contributed by atoms with Crippen LogP contribution in [0.1, 0.15) is 40.7 Å². The Balaban J connectivity index is 1.43. The summed E-state index contributed by atoms with van der Waals surface area (Å²) in [5.41, 5.74) is 1.28. The maximum absolute atomic E-state index is 13.6. The van der Waals surface area contributed by atoms with E-state index in [1.54, 1.807) is 36.5 Å². The molecule has 3 heterocycles. The van der Waals surface area contributed by atoms with Crippen molar-refractivity contribution >= 4 is 17.3 Å². The van der Waals surface area contributed by atoms with E-state index in [0.717, 1.165) is 24.1 Å². The third kappa shape index (κ3) is 6.75. The second kappa shape index (κ2) is 12.3. The van der Waals surface area contributed by atoms with Gasteiger partial charge < -0.3 is 19.9 Å². The van der Waals surface area contributed by atoms with Gasteiger partial charge in [-0.15, -0.1) is 0 Å². The number of aromatic nitrogens is 4. The number of nitrogens with one attached hydrogen (secondary N) is 1. The van der Waals surface area contributed by atoms with Crippen molar-refractivity contribution in [2.75, 3.05) is 37.4 Å². The molecule has 1 amide bonds. The van der Waals surface area contributed by atoms with Crippen molar-refractivity contribution in [3.8, 4) is 23.0 Å². The lowest BCUT2D eigenvalue weighted by Crippen LogP contribution is -2.31. The van der Waals surface area contributed by atoms with Gasteiger partial charge in [0.05, 0.1) is 22.5 Å². The molecule has 5 rings (SSSR count). The zero-order valence-corrected chi connectivity index (χ0v) is 24.3. The first-order valence-electron chi connectivity index (χ1n) is 13.9. The summed E-state index contributed by atoms with van der Waals surface area (Å²) in [6.07, 6.45) is -0.0689. The predicted octanol–water partition coefficient (Wildman–Crippen LogP) is 6.01. The summed E-state index contributed by atoms with van der Waals surface area (Å²) >= 11 is 0. The monoisotopic (exact) mass is 591 g/mol. The molecule has 12 heteroatoms. The minimum atomic E-state index is -4.56. The first kappa shape index (κ1) is 29.9. The predicted molar refractivity (Wildman–Crippen MR) is 157 cm³/mol. The smallest absolute Gasteiger partial charge is 0.416 e. The highest BCUT2D eigenvalue weighted by molar-refractivity contribution is 6.06. The van der Waals surface area contributed by atoms with Crippen LogP contribution in [0.3, 0.4) is 0 Å². The molecule has 1 aliphatic rings. The molecule has 1 aliphatic heterocycles. The van der Waals surface area contributed by atoms with Gasteiger partial charge in [0.15, 0.2) is 5.82 Å². The largest absolute Gasteiger partial charge is 0.438 e. The first-order valence-corrected chi connectivity index (χ1v) is 13.9. The zero-order chi connectivity index (χ0) is 30.7. The van der Waals surface area contributed by atoms with Gasteiger partial charge in [-0.2, -0.15) is 13.2 Å². The average molecular weight is 592 g/mol. The van der Waals surface area contributed by atoms with Crippen LogP contribution in [0, 0.1) is 6.92 Å². The molecule has 2 aromatic carbocycles. The minimum absolute atomic E-state index is 0.0934. The van der Waals surface area contributed by atoms with E-state index in [4.69, 9.17) is 4.74 Å². The molecular weight excluding hydrogens is 559 g/mol. The summed E-state index contributed by atoms with van der Waals surface area (Å²) in [7, 11) is 3.95. The summed E-state index contributed by atoms with van der Waals surface area (Å²) in [6, 6.07) is 12.1. The number of rotatable bonds is 8. The quantitative estimate of drug-likeness (QED) is 0.266. The van der Waals surface area contributed by atoms with E-state index in [-0.39, 0.29) is 23.2 Å². The Labute approximate surface area is 247 Å². The van der Waals surface area contributed by atoms with Gasteiger partial charge in [-0.1, -0.05) is 13.0 Å². The topological polar surface area (TPSA) is 96.4 Å². The summed E-state index contributed by atoms with van der Waals surface area (Å²) in [5.74, 6) is 1.04. The third-order valence-electron chi connectivity index (χ3n) is 7.41. The van der Waals surface area contributed by atoms with Crippen LogP contribution < -0.4 is 15.0 Å². The lowest BCUT2D eigenvalue weighted by molar-refractivity contribution is -0.137. The van der Waals surface area contributed by atoms with Crippen molar-refractivity contribution in [3.05, 3.63) is 83.6 Å². The molecule has 2 aromatic heterocycles. The molecule has 224 valence electrons. The van der Waals surface area contributed by atoms with Gasteiger partial charge in [0.2, 0.25) is 5.88 Å². The van der Waals surface area contributed by atoms with E-state index in [9.17, 15) is 18.0 Å². The van der Waals surface area contributed by atoms with E-state index in [1.165, 1.54) is 12.4 Å². The molecule has 4 aromatic rings. The number of hydrogen-bond acceptors (Lipinski definition) is 8. The van der Waals surface area contributed by atoms with Crippen molar-refractivity contribution in [1.82, 2.24) is 24.8 Å². The Morgan fingerprint density at radius 2 is 1.93 bits per heavy atom. The van der Waals surface area contributed by atoms with Crippen LogP contribution >= 0.6 is 0 Å². The second-order valence-corrected chi connectivity index (χ2v) is 10.6. The minimum Gasteiger partial charge on any atom is -0.438 e. The summed E-state index contributed by atoms with van der Waals surface area (Å²) in [6.45, 7) is 5.05. The number of pyridine rings is 1. The Kier molecular flexibility index (Phi) is 8.58. The molecule has 9 nitrogen and oxygen atoms in total. The van der Waals surface area contributed by atoms with Crippen molar-refractivity contribution < 1.29 is 22.7 Å². The average Bonchev–Trinajstić information content (AvgIpc) is 3.49. The summed E-state index contributed by atoms with van der Waals surface area (Å²) in [5, 5.41) is 2.73. The fourth-order valence-corrected chi connectivity index (χ4v) is 4.89. The molecule has 0 unspecified atom stereocenters. The zero-order valence-electron chi connectivity index (χ0n) is 24.3. The van der Waals surface area contributed by atoms with E-state index in [2.05, 4.69) is 30.2 Å². The molecule has 1 atom stereocenters. The van der Waals surface area contributed by atoms with E-state index < -0.39 is 17.6 Å². The lowest BCUT2D eigenvalue weighted by Gasteiger charge is -2.25. The molecule has 1 saturated heterocycles. The number of amides is 1. The van der Waals surface area contributed by atoms with Gasteiger partial charge in [-0.05, 0) is 75.5 Å². The first-order chi connectivity index (χ1) is 20.5. The Morgan fingerprint density at radius 3 is 2.65 bits per heavy atom. The number of halogens is 3. The normalized spacial score (nSPS) is 15.2. The number of hydrogen-bond donors (Lipinski definition) is 1. The molecule has 0 aliphatic carbocycles. The van der Waals surface area contributed by atoms with Crippen molar-refractivity contribution in [1.29, 1.82) is 0 Å². The fourth-order valence-electron chi connectivity index (χ4n) is 4.89. The number of likely N-dealkylation sites (N-methyl/N-ethyl adjacent to an activating group) is 1. The van der Waals surface area contributed by atoms with E-state index >= 15 is 0 Å². The molecule has 43 heavy (non-hydrogen) atoms. The number of benzene rings is 2. The second-order valence-electron chi connectivity index (χ2n) is 10.6. The summed E-state index contributed by atoms with van der Waals surface area (Å²) in [4.78, 5) is 34.8. The van der Waals surface area contributed by atoms with Gasteiger partial charge in [-0.3, -0.25) is 4.79 Å². The van der Waals surface area contributed by atoms with Crippen LogP contribution in [0.25, 0.3) is 11.4 Å². The fraction of sp³-hybridized carbons (Fsp3) is 0.323. The molecule has 0 bridgehead atoms. The third-order valence-corrected chi connectivity index (χ3v) is 7.41. The maximum atomic E-state index is 13.6. The highest BCUT2D eigenvalue weighted by Crippen LogP contribution is 2.37. The van der Waals surface area contributed by atoms with Crippen molar-refractivity contribution in [3.63, 3.8) is 0 Å². The number of anilines is 2. The van der Waals surface area contributed by atoms with E-state index in [0.29, 0.717) is 48.2 Å².